The summed E-state index contributed by atoms with van der Waals surface area (Å²) < 4.78 is 0. The molecule has 1 aliphatic rings. The van der Waals surface area contributed by atoms with Crippen LogP contribution in [0.25, 0.3) is 0 Å². The molecule has 7 heteroatoms. The van der Waals surface area contributed by atoms with Crippen LogP contribution in [0.2, 0.25) is 0 Å². The molecule has 1 aromatic carbocycles. The predicted molar refractivity (Wildman–Crippen MR) is 78.5 cm³/mol. The zero-order valence-electron chi connectivity index (χ0n) is 11.5. The summed E-state index contributed by atoms with van der Waals surface area (Å²) in [5.41, 5.74) is 6.40. The highest BCUT2D eigenvalue weighted by atomic mass is 16.2. The molecule has 0 saturated heterocycles. The van der Waals surface area contributed by atoms with Gasteiger partial charge in [-0.25, -0.2) is 0 Å². The molecule has 112 valence electrons. The molecule has 5 N–H and O–H groups in total. The first kappa shape index (κ1) is 15.0. The molecule has 1 saturated carbocycles. The molecule has 1 aromatic rings. The van der Waals surface area contributed by atoms with Crippen LogP contribution in [0.5, 0.6) is 0 Å². The van der Waals surface area contributed by atoms with E-state index >= 15 is 0 Å². The SMILES string of the molecule is NCC(=O)NCC(=O)Nc1ccc(NC(=O)C2CC2)cc1. The van der Waals surface area contributed by atoms with E-state index in [0.717, 1.165) is 12.8 Å². The van der Waals surface area contributed by atoms with Crippen LogP contribution >= 0.6 is 0 Å². The van der Waals surface area contributed by atoms with E-state index in [0.29, 0.717) is 11.4 Å². The number of carbonyl (C=O) groups excluding carboxylic acids is 3. The maximum atomic E-state index is 11.6. The van der Waals surface area contributed by atoms with Crippen LogP contribution in [0.1, 0.15) is 12.8 Å². The van der Waals surface area contributed by atoms with E-state index in [1.165, 1.54) is 0 Å². The molecule has 0 aromatic heterocycles. The van der Waals surface area contributed by atoms with Crippen LogP contribution in [0.15, 0.2) is 24.3 Å². The Kier molecular flexibility index (Phi) is 4.89. The van der Waals surface area contributed by atoms with Gasteiger partial charge in [0.1, 0.15) is 0 Å². The Morgan fingerprint density at radius 2 is 1.57 bits per heavy atom. The minimum Gasteiger partial charge on any atom is -0.346 e. The fraction of sp³-hybridized carbons (Fsp3) is 0.357. The largest absolute Gasteiger partial charge is 0.346 e. The average molecular weight is 290 g/mol. The summed E-state index contributed by atoms with van der Waals surface area (Å²) in [6.07, 6.45) is 1.91. The van der Waals surface area contributed by atoms with Gasteiger partial charge in [-0.1, -0.05) is 0 Å². The van der Waals surface area contributed by atoms with Crippen LogP contribution in [-0.2, 0) is 14.4 Å². The monoisotopic (exact) mass is 290 g/mol. The Balaban J connectivity index is 1.79. The number of rotatable bonds is 6. The van der Waals surface area contributed by atoms with E-state index in [4.69, 9.17) is 5.73 Å². The van der Waals surface area contributed by atoms with Crippen LogP contribution in [-0.4, -0.2) is 30.8 Å². The van der Waals surface area contributed by atoms with Crippen molar-refractivity contribution in [3.05, 3.63) is 24.3 Å². The fourth-order valence-corrected chi connectivity index (χ4v) is 1.68. The third kappa shape index (κ3) is 4.88. The van der Waals surface area contributed by atoms with E-state index in [2.05, 4.69) is 16.0 Å². The van der Waals surface area contributed by atoms with Crippen molar-refractivity contribution in [1.29, 1.82) is 0 Å². The maximum Gasteiger partial charge on any atom is 0.243 e. The minimum atomic E-state index is -0.386. The molecule has 0 aliphatic heterocycles. The summed E-state index contributed by atoms with van der Waals surface area (Å²) in [4.78, 5) is 34.1. The normalized spacial score (nSPS) is 13.4. The lowest BCUT2D eigenvalue weighted by Crippen LogP contribution is -2.36. The molecular formula is C14H18N4O3. The Bertz CT molecular complexity index is 538. The molecule has 2 rings (SSSR count). The van der Waals surface area contributed by atoms with Gasteiger partial charge in [-0.2, -0.15) is 0 Å². The Morgan fingerprint density at radius 1 is 1.00 bits per heavy atom. The topological polar surface area (TPSA) is 113 Å². The molecule has 0 bridgehead atoms. The van der Waals surface area contributed by atoms with Gasteiger partial charge in [-0.15, -0.1) is 0 Å². The van der Waals surface area contributed by atoms with Crippen LogP contribution in [0.3, 0.4) is 0 Å². The molecule has 0 unspecified atom stereocenters. The van der Waals surface area contributed by atoms with Crippen molar-refractivity contribution in [3.63, 3.8) is 0 Å². The first-order valence-electron chi connectivity index (χ1n) is 6.76. The van der Waals surface area contributed by atoms with Crippen molar-refractivity contribution in [1.82, 2.24) is 5.32 Å². The van der Waals surface area contributed by atoms with Crippen molar-refractivity contribution in [2.75, 3.05) is 23.7 Å². The smallest absolute Gasteiger partial charge is 0.243 e. The third-order valence-corrected chi connectivity index (χ3v) is 3.02. The summed E-state index contributed by atoms with van der Waals surface area (Å²) in [5, 5.41) is 7.82. The number of hydrogen-bond donors (Lipinski definition) is 4. The second kappa shape index (κ2) is 6.85. The summed E-state index contributed by atoms with van der Waals surface area (Å²) >= 11 is 0. The van der Waals surface area contributed by atoms with Crippen LogP contribution in [0.4, 0.5) is 11.4 Å². The number of anilines is 2. The van der Waals surface area contributed by atoms with Gasteiger partial charge < -0.3 is 21.7 Å². The lowest BCUT2D eigenvalue weighted by Gasteiger charge is -2.08. The molecule has 21 heavy (non-hydrogen) atoms. The van der Waals surface area contributed by atoms with E-state index in [9.17, 15) is 14.4 Å². The molecular weight excluding hydrogens is 272 g/mol. The summed E-state index contributed by atoms with van der Waals surface area (Å²) in [6.45, 7) is -0.279. The molecule has 0 heterocycles. The summed E-state index contributed by atoms with van der Waals surface area (Å²) in [7, 11) is 0. The highest BCUT2D eigenvalue weighted by Gasteiger charge is 2.29. The van der Waals surface area contributed by atoms with E-state index < -0.39 is 0 Å². The zero-order chi connectivity index (χ0) is 15.2. The first-order valence-corrected chi connectivity index (χ1v) is 6.76. The Hall–Kier alpha value is -2.41. The van der Waals surface area contributed by atoms with Crippen molar-refractivity contribution in [3.8, 4) is 0 Å². The number of hydrogen-bond acceptors (Lipinski definition) is 4. The summed E-state index contributed by atoms with van der Waals surface area (Å²) in [5.74, 6) is -0.540. The van der Waals surface area contributed by atoms with Crippen molar-refractivity contribution in [2.24, 2.45) is 11.7 Å². The highest BCUT2D eigenvalue weighted by molar-refractivity contribution is 5.96. The molecule has 0 radical (unpaired) electrons. The molecule has 1 aliphatic carbocycles. The van der Waals surface area contributed by atoms with Gasteiger partial charge in [0.15, 0.2) is 0 Å². The minimum absolute atomic E-state index is 0.0382. The van der Waals surface area contributed by atoms with Crippen molar-refractivity contribution in [2.45, 2.75) is 12.8 Å². The molecule has 7 nitrogen and oxygen atoms in total. The summed E-state index contributed by atoms with van der Waals surface area (Å²) in [6, 6.07) is 6.80. The van der Waals surface area contributed by atoms with Gasteiger partial charge in [0.25, 0.3) is 0 Å². The first-order chi connectivity index (χ1) is 10.1. The van der Waals surface area contributed by atoms with E-state index in [1.54, 1.807) is 24.3 Å². The Morgan fingerprint density at radius 3 is 2.10 bits per heavy atom. The van der Waals surface area contributed by atoms with Crippen molar-refractivity contribution < 1.29 is 14.4 Å². The number of nitrogens with two attached hydrogens (primary N) is 1. The van der Waals surface area contributed by atoms with Gasteiger partial charge in [0.05, 0.1) is 13.1 Å². The predicted octanol–water partition coefficient (Wildman–Crippen LogP) is 0.0485. The van der Waals surface area contributed by atoms with Gasteiger partial charge in [0, 0.05) is 17.3 Å². The molecule has 0 atom stereocenters. The maximum absolute atomic E-state index is 11.6. The number of amides is 3. The molecule has 1 fully saturated rings. The second-order valence-corrected chi connectivity index (χ2v) is 4.87. The van der Waals surface area contributed by atoms with Crippen LogP contribution in [0, 0.1) is 5.92 Å². The Labute approximate surface area is 122 Å². The average Bonchev–Trinajstić information content (AvgIpc) is 3.31. The molecule has 0 spiro atoms. The van der Waals surface area contributed by atoms with Gasteiger partial charge in [-0.05, 0) is 37.1 Å². The van der Waals surface area contributed by atoms with E-state index in [1.807, 2.05) is 0 Å². The fourth-order valence-electron chi connectivity index (χ4n) is 1.68. The standard InChI is InChI=1S/C14H18N4O3/c15-7-12(19)16-8-13(20)17-10-3-5-11(6-4-10)18-14(21)9-1-2-9/h3-6,9H,1-2,7-8,15H2,(H,16,19)(H,17,20)(H,18,21). The van der Waals surface area contributed by atoms with Gasteiger partial charge >= 0.3 is 0 Å². The van der Waals surface area contributed by atoms with Crippen molar-refractivity contribution >= 4 is 29.1 Å². The zero-order valence-corrected chi connectivity index (χ0v) is 11.5. The van der Waals surface area contributed by atoms with Gasteiger partial charge in [0.2, 0.25) is 17.7 Å². The lowest BCUT2D eigenvalue weighted by molar-refractivity contribution is -0.123. The molecule has 3 amide bonds. The van der Waals surface area contributed by atoms with E-state index in [-0.39, 0.29) is 36.7 Å². The highest BCUT2D eigenvalue weighted by Crippen LogP contribution is 2.30. The number of nitrogens with one attached hydrogen (secondary N) is 3. The quantitative estimate of drug-likeness (QED) is 0.592. The number of carbonyl (C=O) groups is 3. The third-order valence-electron chi connectivity index (χ3n) is 3.02. The second-order valence-electron chi connectivity index (χ2n) is 4.87. The van der Waals surface area contributed by atoms with Gasteiger partial charge in [-0.3, -0.25) is 14.4 Å². The van der Waals surface area contributed by atoms with Crippen LogP contribution < -0.4 is 21.7 Å². The lowest BCUT2D eigenvalue weighted by atomic mass is 10.2. The number of benzene rings is 1.